The fraction of sp³-hybridized carbons (Fsp3) is 0.323. The van der Waals surface area contributed by atoms with E-state index in [0.717, 1.165) is 31.6 Å². The van der Waals surface area contributed by atoms with E-state index in [1.807, 2.05) is 32.0 Å². The molecule has 5 rings (SSSR count). The number of nitrogens with zero attached hydrogens (tertiary/aromatic N) is 2. The topological polar surface area (TPSA) is 91.0 Å². The number of hydrogen-bond donors (Lipinski definition) is 2. The first-order chi connectivity index (χ1) is 19.3. The first-order valence-electron chi connectivity index (χ1n) is 13.6. The Balaban J connectivity index is 1.31. The summed E-state index contributed by atoms with van der Waals surface area (Å²) in [6.07, 6.45) is 1.57. The van der Waals surface area contributed by atoms with E-state index in [-0.39, 0.29) is 41.7 Å². The minimum atomic E-state index is -0.835. The van der Waals surface area contributed by atoms with Gasteiger partial charge in [0.1, 0.15) is 29.9 Å². The van der Waals surface area contributed by atoms with Crippen molar-refractivity contribution in [2.24, 2.45) is 5.92 Å². The molecular weight excluding hydrogens is 511 g/mol. The molecule has 1 atom stereocenters. The molecule has 1 fully saturated rings. The van der Waals surface area contributed by atoms with E-state index in [4.69, 9.17) is 4.74 Å². The van der Waals surface area contributed by atoms with Crippen molar-refractivity contribution in [3.63, 3.8) is 0 Å². The van der Waals surface area contributed by atoms with Crippen LogP contribution in [0, 0.1) is 11.7 Å². The molecule has 0 aliphatic carbocycles. The average Bonchev–Trinajstić information content (AvgIpc) is 3.06. The number of carbonyl (C=O) groups excluding carboxylic acids is 3. The molecule has 3 aromatic carbocycles. The smallest absolute Gasteiger partial charge is 0.257 e. The third-order valence-electron chi connectivity index (χ3n) is 7.32. The minimum Gasteiger partial charge on any atom is -0.457 e. The lowest BCUT2D eigenvalue weighted by Crippen LogP contribution is -2.56. The highest BCUT2D eigenvalue weighted by Gasteiger charge is 2.38. The fourth-order valence-electron chi connectivity index (χ4n) is 5.32. The molecule has 0 aromatic heterocycles. The van der Waals surface area contributed by atoms with E-state index < -0.39 is 11.9 Å². The second-order valence-electron chi connectivity index (χ2n) is 10.5. The first-order valence-corrected chi connectivity index (χ1v) is 13.6. The number of fused-ring (bicyclic) bond motifs is 1. The van der Waals surface area contributed by atoms with Crippen LogP contribution in [0.4, 0.5) is 15.8 Å². The summed E-state index contributed by atoms with van der Waals surface area (Å²) < 4.78 is 19.1. The summed E-state index contributed by atoms with van der Waals surface area (Å²) in [6, 6.07) is 19.6. The van der Waals surface area contributed by atoms with Crippen LogP contribution in [0.15, 0.2) is 72.8 Å². The molecule has 3 aromatic rings. The highest BCUT2D eigenvalue weighted by molar-refractivity contribution is 6.10. The van der Waals surface area contributed by atoms with Gasteiger partial charge in [0.2, 0.25) is 11.8 Å². The third-order valence-corrected chi connectivity index (χ3v) is 7.32. The Morgan fingerprint density at radius 3 is 2.33 bits per heavy atom. The maximum atomic E-state index is 13.8. The van der Waals surface area contributed by atoms with Gasteiger partial charge in [0.25, 0.3) is 5.91 Å². The molecule has 1 saturated heterocycles. The molecule has 0 radical (unpaired) electrons. The monoisotopic (exact) mass is 544 g/mol. The molecule has 2 heterocycles. The number of piperidine rings is 1. The summed E-state index contributed by atoms with van der Waals surface area (Å²) in [6.45, 7) is 5.12. The maximum Gasteiger partial charge on any atom is 0.257 e. The number of ether oxygens (including phenoxy) is 1. The van der Waals surface area contributed by atoms with Crippen LogP contribution in [-0.4, -0.2) is 54.3 Å². The lowest BCUT2D eigenvalue weighted by atomic mass is 9.98. The zero-order valence-electron chi connectivity index (χ0n) is 22.6. The Kier molecular flexibility index (Phi) is 8.00. The van der Waals surface area contributed by atoms with E-state index in [9.17, 15) is 18.8 Å². The molecule has 0 bridgehead atoms. The summed E-state index contributed by atoms with van der Waals surface area (Å²) in [5.74, 6) is -0.952. The Morgan fingerprint density at radius 1 is 0.975 bits per heavy atom. The first kappa shape index (κ1) is 27.2. The molecule has 1 unspecified atom stereocenters. The third kappa shape index (κ3) is 6.09. The predicted molar refractivity (Wildman–Crippen MR) is 151 cm³/mol. The molecule has 0 spiro atoms. The van der Waals surface area contributed by atoms with Crippen LogP contribution >= 0.6 is 0 Å². The van der Waals surface area contributed by atoms with Crippen LogP contribution in [0.1, 0.15) is 37.0 Å². The van der Waals surface area contributed by atoms with Crippen molar-refractivity contribution in [2.45, 2.75) is 38.8 Å². The van der Waals surface area contributed by atoms with Crippen LogP contribution in [0.2, 0.25) is 0 Å². The molecule has 208 valence electrons. The number of hydrogen-bond acceptors (Lipinski definition) is 5. The van der Waals surface area contributed by atoms with Crippen molar-refractivity contribution in [3.05, 3.63) is 84.2 Å². The summed E-state index contributed by atoms with van der Waals surface area (Å²) in [5, 5.41) is 5.92. The van der Waals surface area contributed by atoms with E-state index in [1.54, 1.807) is 12.1 Å². The second kappa shape index (κ2) is 11.8. The van der Waals surface area contributed by atoms with Gasteiger partial charge < -0.3 is 25.2 Å². The van der Waals surface area contributed by atoms with Gasteiger partial charge in [-0.3, -0.25) is 14.4 Å². The second-order valence-corrected chi connectivity index (χ2v) is 10.5. The van der Waals surface area contributed by atoms with Crippen molar-refractivity contribution in [1.82, 2.24) is 10.2 Å². The molecular formula is C31H33FN4O4. The van der Waals surface area contributed by atoms with Gasteiger partial charge >= 0.3 is 0 Å². The van der Waals surface area contributed by atoms with Crippen LogP contribution in [0.5, 0.6) is 11.5 Å². The maximum absolute atomic E-state index is 13.8. The van der Waals surface area contributed by atoms with E-state index in [1.165, 1.54) is 35.2 Å². The van der Waals surface area contributed by atoms with Crippen LogP contribution in [0.25, 0.3) is 0 Å². The predicted octanol–water partition coefficient (Wildman–Crippen LogP) is 4.82. The Labute approximate surface area is 233 Å². The number of anilines is 2. The number of halogens is 1. The summed E-state index contributed by atoms with van der Waals surface area (Å²) in [7, 11) is 0. The van der Waals surface area contributed by atoms with Gasteiger partial charge in [-0.15, -0.1) is 0 Å². The molecule has 2 N–H and O–H groups in total. The zero-order chi connectivity index (χ0) is 28.2. The quantitative estimate of drug-likeness (QED) is 0.445. The van der Waals surface area contributed by atoms with Gasteiger partial charge in [0.15, 0.2) is 0 Å². The number of para-hydroxylation sites is 1. The summed E-state index contributed by atoms with van der Waals surface area (Å²) >= 11 is 0. The number of nitrogens with one attached hydrogen (secondary N) is 2. The molecule has 2 aliphatic rings. The number of carbonyl (C=O) groups is 3. The number of rotatable bonds is 7. The van der Waals surface area contributed by atoms with Crippen molar-refractivity contribution < 1.29 is 23.5 Å². The highest BCUT2D eigenvalue weighted by atomic mass is 19.1. The Morgan fingerprint density at radius 2 is 1.65 bits per heavy atom. The largest absolute Gasteiger partial charge is 0.457 e. The molecule has 9 heteroatoms. The summed E-state index contributed by atoms with van der Waals surface area (Å²) in [4.78, 5) is 43.9. The van der Waals surface area contributed by atoms with Crippen LogP contribution < -0.4 is 20.3 Å². The summed E-state index contributed by atoms with van der Waals surface area (Å²) in [5.41, 5.74) is 1.73. The average molecular weight is 545 g/mol. The van der Waals surface area contributed by atoms with E-state index >= 15 is 0 Å². The van der Waals surface area contributed by atoms with Crippen LogP contribution in [-0.2, 0) is 9.59 Å². The minimum absolute atomic E-state index is 0.0207. The zero-order valence-corrected chi connectivity index (χ0v) is 22.6. The van der Waals surface area contributed by atoms with Gasteiger partial charge in [-0.2, -0.15) is 0 Å². The van der Waals surface area contributed by atoms with Gasteiger partial charge in [-0.25, -0.2) is 4.39 Å². The fourth-order valence-corrected chi connectivity index (χ4v) is 5.32. The van der Waals surface area contributed by atoms with Gasteiger partial charge in [0, 0.05) is 24.8 Å². The van der Waals surface area contributed by atoms with Gasteiger partial charge in [0.05, 0.1) is 11.3 Å². The van der Waals surface area contributed by atoms with Crippen molar-refractivity contribution in [1.29, 1.82) is 0 Å². The van der Waals surface area contributed by atoms with Gasteiger partial charge in [-0.1, -0.05) is 32.0 Å². The normalized spacial score (nSPS) is 16.7. The lowest BCUT2D eigenvalue weighted by Gasteiger charge is -2.37. The number of amides is 3. The van der Waals surface area contributed by atoms with E-state index in [2.05, 4.69) is 27.7 Å². The molecule has 0 saturated carbocycles. The molecule has 3 amide bonds. The number of benzene rings is 3. The highest BCUT2D eigenvalue weighted by Crippen LogP contribution is 2.30. The Hall–Kier alpha value is -4.40. The standard InChI is InChI=1S/C31H33FN4O4/c1-20(2)29(30(38)33-22-14-16-35(17-15-22)23-6-4-3-5-7-23)36-19-28(37)34-27-13-12-25(18-26(27)31(36)39)40-24-10-8-21(32)9-11-24/h3-13,18,20,22,29H,14-17,19H2,1-2H3,(H,33,38)(H,34,37). The van der Waals surface area contributed by atoms with Crippen molar-refractivity contribution in [3.8, 4) is 11.5 Å². The lowest BCUT2D eigenvalue weighted by molar-refractivity contribution is -0.128. The van der Waals surface area contributed by atoms with Crippen molar-refractivity contribution in [2.75, 3.05) is 29.9 Å². The SMILES string of the molecule is CC(C)C(C(=O)NC1CCN(c2ccccc2)CC1)N1CC(=O)Nc2ccc(Oc3ccc(F)cc3)cc2C1=O. The Bertz CT molecular complexity index is 1370. The van der Waals surface area contributed by atoms with Crippen LogP contribution in [0.3, 0.4) is 0 Å². The van der Waals surface area contributed by atoms with E-state index in [0.29, 0.717) is 17.2 Å². The molecule has 2 aliphatic heterocycles. The van der Waals surface area contributed by atoms with Gasteiger partial charge in [-0.05, 0) is 73.4 Å². The molecule has 40 heavy (non-hydrogen) atoms. The molecule has 8 nitrogen and oxygen atoms in total. The van der Waals surface area contributed by atoms with Crippen molar-refractivity contribution >= 4 is 29.1 Å².